The number of nitrogen functional groups attached to an aromatic ring is 1. The molecule has 1 saturated heterocycles. The second kappa shape index (κ2) is 16.2. The quantitative estimate of drug-likeness (QED) is 0.156. The first kappa shape index (κ1) is 37.8. The number of anilines is 1. The standard InChI is InChI=1S/C36H46ClN5O6S/c1-23(2)19-40(49(47,48)28-15-16-29(37)30(38)18-28)21-32(43)31(17-26-9-7-6-8-10-26)39-35(45)34(24(3)4)42-22-33(44)41(36(42)46)20-27-13-11-25(5)12-14-27/h6-16,18,23-24,31-32,34,43H,17,19-22,38H2,1-5H3,(H,39,45)/t31-,32+,34?/m0/s1. The Morgan fingerprint density at radius 3 is 2.22 bits per heavy atom. The van der Waals surface area contributed by atoms with E-state index >= 15 is 0 Å². The molecule has 1 fully saturated rings. The number of rotatable bonds is 15. The topological polar surface area (TPSA) is 153 Å². The number of carbonyl (C=O) groups excluding carboxylic acids is 3. The summed E-state index contributed by atoms with van der Waals surface area (Å²) in [6.45, 7) is 8.79. The van der Waals surface area contributed by atoms with Gasteiger partial charge in [0, 0.05) is 13.1 Å². The van der Waals surface area contributed by atoms with Gasteiger partial charge in [0.15, 0.2) is 0 Å². The maximum atomic E-state index is 14.1. The molecule has 0 bridgehead atoms. The summed E-state index contributed by atoms with van der Waals surface area (Å²) in [5.74, 6) is -1.46. The highest BCUT2D eigenvalue weighted by molar-refractivity contribution is 7.89. The van der Waals surface area contributed by atoms with Crippen LogP contribution in [0.5, 0.6) is 0 Å². The third-order valence-corrected chi connectivity index (χ3v) is 10.6. The number of nitrogens with one attached hydrogen (secondary N) is 1. The van der Waals surface area contributed by atoms with Crippen molar-refractivity contribution in [3.05, 3.63) is 94.5 Å². The number of sulfonamides is 1. The van der Waals surface area contributed by atoms with E-state index in [-0.39, 0.29) is 54.1 Å². The molecule has 1 aliphatic heterocycles. The smallest absolute Gasteiger partial charge is 0.328 e. The van der Waals surface area contributed by atoms with E-state index in [1.165, 1.54) is 27.4 Å². The number of carbonyl (C=O) groups is 3. The fourth-order valence-corrected chi connectivity index (χ4v) is 7.65. The van der Waals surface area contributed by atoms with Crippen molar-refractivity contribution in [1.82, 2.24) is 19.4 Å². The second-order valence-electron chi connectivity index (χ2n) is 13.3. The largest absolute Gasteiger partial charge is 0.397 e. The first-order chi connectivity index (χ1) is 23.1. The van der Waals surface area contributed by atoms with Gasteiger partial charge in [-0.2, -0.15) is 4.31 Å². The van der Waals surface area contributed by atoms with Crippen LogP contribution in [0.3, 0.4) is 0 Å². The summed E-state index contributed by atoms with van der Waals surface area (Å²) < 4.78 is 28.9. The molecule has 3 atom stereocenters. The van der Waals surface area contributed by atoms with Crippen molar-refractivity contribution >= 4 is 45.2 Å². The lowest BCUT2D eigenvalue weighted by molar-refractivity contribution is -0.129. The fourth-order valence-electron chi connectivity index (χ4n) is 5.88. The van der Waals surface area contributed by atoms with Crippen LogP contribution in [0.1, 0.15) is 44.4 Å². The fraction of sp³-hybridized carbons (Fsp3) is 0.417. The van der Waals surface area contributed by atoms with Crippen LogP contribution in [0.4, 0.5) is 10.5 Å². The molecule has 264 valence electrons. The molecule has 11 nitrogen and oxygen atoms in total. The SMILES string of the molecule is Cc1ccc(CN2C(=O)CN(C(C(=O)N[C@@H](Cc3ccccc3)[C@H](O)CN(CC(C)C)S(=O)(=O)c3ccc(Cl)c(N)c3)C(C)C)C2=O)cc1. The van der Waals surface area contributed by atoms with Crippen LogP contribution in [-0.2, 0) is 32.6 Å². The van der Waals surface area contributed by atoms with Crippen molar-refractivity contribution in [2.45, 2.75) is 70.7 Å². The average Bonchev–Trinajstić information content (AvgIpc) is 3.30. The Morgan fingerprint density at radius 1 is 0.980 bits per heavy atom. The highest BCUT2D eigenvalue weighted by Gasteiger charge is 2.44. The summed E-state index contributed by atoms with van der Waals surface area (Å²) in [6, 6.07) is 18.2. The Kier molecular flexibility index (Phi) is 12.5. The van der Waals surface area contributed by atoms with Crippen molar-refractivity contribution in [2.24, 2.45) is 11.8 Å². The van der Waals surface area contributed by atoms with E-state index in [9.17, 15) is 27.9 Å². The van der Waals surface area contributed by atoms with E-state index in [0.717, 1.165) is 21.6 Å². The van der Waals surface area contributed by atoms with Gasteiger partial charge < -0.3 is 21.1 Å². The zero-order chi connectivity index (χ0) is 36.0. The average molecular weight is 712 g/mol. The zero-order valence-corrected chi connectivity index (χ0v) is 30.1. The van der Waals surface area contributed by atoms with Crippen molar-refractivity contribution in [1.29, 1.82) is 0 Å². The van der Waals surface area contributed by atoms with E-state index in [2.05, 4.69) is 5.32 Å². The van der Waals surface area contributed by atoms with Gasteiger partial charge in [-0.05, 0) is 54.5 Å². The summed E-state index contributed by atoms with van der Waals surface area (Å²) >= 11 is 6.05. The Balaban J connectivity index is 1.60. The lowest BCUT2D eigenvalue weighted by Gasteiger charge is -2.34. The minimum Gasteiger partial charge on any atom is -0.397 e. The molecule has 0 aromatic heterocycles. The number of amides is 4. The number of urea groups is 1. The summed E-state index contributed by atoms with van der Waals surface area (Å²) in [7, 11) is -4.13. The molecule has 4 amide bonds. The minimum atomic E-state index is -4.13. The maximum Gasteiger partial charge on any atom is 0.328 e. The maximum absolute atomic E-state index is 14.1. The predicted octanol–water partition coefficient (Wildman–Crippen LogP) is 4.45. The molecule has 0 aliphatic carbocycles. The van der Waals surface area contributed by atoms with E-state index < -0.39 is 52.0 Å². The van der Waals surface area contributed by atoms with Crippen LogP contribution >= 0.6 is 11.6 Å². The number of aliphatic hydroxyl groups excluding tert-OH is 1. The van der Waals surface area contributed by atoms with Crippen LogP contribution in [0.15, 0.2) is 77.7 Å². The first-order valence-electron chi connectivity index (χ1n) is 16.3. The van der Waals surface area contributed by atoms with Gasteiger partial charge in [-0.25, -0.2) is 13.2 Å². The van der Waals surface area contributed by atoms with E-state index in [1.807, 2.05) is 75.4 Å². The molecular formula is C36H46ClN5O6S. The van der Waals surface area contributed by atoms with Crippen LogP contribution in [-0.4, -0.2) is 83.3 Å². The highest BCUT2D eigenvalue weighted by atomic mass is 35.5. The molecule has 1 aliphatic rings. The van der Waals surface area contributed by atoms with E-state index in [1.54, 1.807) is 13.8 Å². The summed E-state index contributed by atoms with van der Waals surface area (Å²) in [5, 5.41) is 14.9. The van der Waals surface area contributed by atoms with Crippen molar-refractivity contribution in [3.63, 3.8) is 0 Å². The molecule has 49 heavy (non-hydrogen) atoms. The molecule has 3 aromatic carbocycles. The van der Waals surface area contributed by atoms with Gasteiger partial charge in [-0.3, -0.25) is 14.5 Å². The minimum absolute atomic E-state index is 0.0711. The van der Waals surface area contributed by atoms with Gasteiger partial charge in [0.2, 0.25) is 15.9 Å². The number of nitrogens with two attached hydrogens (primary N) is 1. The molecule has 3 aromatic rings. The van der Waals surface area contributed by atoms with Gasteiger partial charge in [-0.15, -0.1) is 0 Å². The lowest BCUT2D eigenvalue weighted by atomic mass is 9.97. The van der Waals surface area contributed by atoms with E-state index in [4.69, 9.17) is 17.3 Å². The Morgan fingerprint density at radius 2 is 1.63 bits per heavy atom. The van der Waals surface area contributed by atoms with Crippen molar-refractivity contribution in [2.75, 3.05) is 25.4 Å². The number of nitrogens with zero attached hydrogens (tertiary/aromatic N) is 3. The number of benzene rings is 3. The predicted molar refractivity (Wildman–Crippen MR) is 190 cm³/mol. The van der Waals surface area contributed by atoms with Crippen LogP contribution in [0.2, 0.25) is 5.02 Å². The summed E-state index contributed by atoms with van der Waals surface area (Å²) in [4.78, 5) is 43.1. The zero-order valence-electron chi connectivity index (χ0n) is 28.5. The van der Waals surface area contributed by atoms with E-state index in [0.29, 0.717) is 0 Å². The lowest BCUT2D eigenvalue weighted by Crippen LogP contribution is -2.57. The van der Waals surface area contributed by atoms with Crippen molar-refractivity contribution in [3.8, 4) is 0 Å². The van der Waals surface area contributed by atoms with Crippen LogP contribution < -0.4 is 11.1 Å². The van der Waals surface area contributed by atoms with Gasteiger partial charge in [0.05, 0.1) is 34.3 Å². The van der Waals surface area contributed by atoms with Crippen LogP contribution in [0.25, 0.3) is 0 Å². The number of hydrogen-bond acceptors (Lipinski definition) is 7. The monoisotopic (exact) mass is 711 g/mol. The van der Waals surface area contributed by atoms with Crippen LogP contribution in [0, 0.1) is 18.8 Å². The molecule has 4 rings (SSSR count). The van der Waals surface area contributed by atoms with Gasteiger partial charge in [0.25, 0.3) is 5.91 Å². The molecule has 4 N–H and O–H groups in total. The van der Waals surface area contributed by atoms with Gasteiger partial charge >= 0.3 is 6.03 Å². The molecule has 13 heteroatoms. The highest BCUT2D eigenvalue weighted by Crippen LogP contribution is 2.26. The third kappa shape index (κ3) is 9.39. The molecule has 0 radical (unpaired) electrons. The molecule has 1 unspecified atom stereocenters. The van der Waals surface area contributed by atoms with Gasteiger partial charge in [-0.1, -0.05) is 99.5 Å². The number of aliphatic hydroxyl groups is 1. The Hall–Kier alpha value is -3.97. The van der Waals surface area contributed by atoms with Crippen molar-refractivity contribution < 1.29 is 27.9 Å². The number of aryl methyl sites for hydroxylation is 1. The molecule has 0 spiro atoms. The Bertz CT molecular complexity index is 1740. The number of imide groups is 1. The first-order valence-corrected chi connectivity index (χ1v) is 18.1. The normalized spacial score (nSPS) is 15.7. The molecular weight excluding hydrogens is 666 g/mol. The third-order valence-electron chi connectivity index (χ3n) is 8.44. The number of halogens is 1. The summed E-state index contributed by atoms with van der Waals surface area (Å²) in [6.07, 6.45) is -1.18. The Labute approximate surface area is 294 Å². The number of hydrogen-bond donors (Lipinski definition) is 3. The molecule has 1 heterocycles. The van der Waals surface area contributed by atoms with Gasteiger partial charge in [0.1, 0.15) is 12.6 Å². The molecule has 0 saturated carbocycles. The summed E-state index contributed by atoms with van der Waals surface area (Å²) in [5.41, 5.74) is 8.66. The second-order valence-corrected chi connectivity index (χ2v) is 15.7.